The van der Waals surface area contributed by atoms with E-state index in [9.17, 15) is 9.59 Å². The molecule has 0 unspecified atom stereocenters. The van der Waals surface area contributed by atoms with Gasteiger partial charge >= 0.3 is 0 Å². The Labute approximate surface area is 179 Å². The third kappa shape index (κ3) is 4.07. The molecule has 1 atom stereocenters. The van der Waals surface area contributed by atoms with Crippen molar-refractivity contribution < 1.29 is 4.79 Å². The van der Waals surface area contributed by atoms with Gasteiger partial charge in [0.2, 0.25) is 11.5 Å². The number of aromatic nitrogens is 3. The van der Waals surface area contributed by atoms with E-state index in [1.807, 2.05) is 29.2 Å². The zero-order valence-corrected chi connectivity index (χ0v) is 17.3. The molecule has 0 spiro atoms. The van der Waals surface area contributed by atoms with Crippen LogP contribution in [0.25, 0.3) is 11.1 Å². The number of carbonyl (C=O) groups is 1. The number of aryl methyl sites for hydroxylation is 1. The number of anilines is 1. The van der Waals surface area contributed by atoms with Crippen LogP contribution in [0.15, 0.2) is 53.6 Å². The van der Waals surface area contributed by atoms with Crippen molar-refractivity contribution in [3.63, 3.8) is 0 Å². The molecule has 7 nitrogen and oxygen atoms in total. The quantitative estimate of drug-likeness (QED) is 0.698. The Morgan fingerprint density at radius 3 is 2.70 bits per heavy atom. The van der Waals surface area contributed by atoms with E-state index < -0.39 is 0 Å². The predicted octanol–water partition coefficient (Wildman–Crippen LogP) is 3.10. The molecular formula is C22H22ClN5O2. The summed E-state index contributed by atoms with van der Waals surface area (Å²) < 4.78 is 1.42. The molecule has 1 aliphatic heterocycles. The summed E-state index contributed by atoms with van der Waals surface area (Å²) >= 11 is 6.03. The van der Waals surface area contributed by atoms with Crippen molar-refractivity contribution >= 4 is 23.5 Å². The highest BCUT2D eigenvalue weighted by Gasteiger charge is 2.28. The summed E-state index contributed by atoms with van der Waals surface area (Å²) in [4.78, 5) is 35.2. The highest BCUT2D eigenvalue weighted by molar-refractivity contribution is 6.30. The smallest absolute Gasteiger partial charge is 0.255 e. The number of nitrogens with zero attached hydrogens (tertiary/aromatic N) is 4. The molecule has 4 rings (SSSR count). The van der Waals surface area contributed by atoms with Crippen molar-refractivity contribution in [2.24, 2.45) is 7.05 Å². The van der Waals surface area contributed by atoms with Crippen LogP contribution < -0.4 is 11.3 Å². The highest BCUT2D eigenvalue weighted by atomic mass is 35.5. The molecular weight excluding hydrogens is 402 g/mol. The SMILES string of the molecule is Cn1cc(C(=O)N2CCC[C@@H](c3nc(N)ncc3-c3ccc(Cl)cc3)C2)ccc1=O. The summed E-state index contributed by atoms with van der Waals surface area (Å²) in [6.07, 6.45) is 5.06. The minimum atomic E-state index is -0.146. The van der Waals surface area contributed by atoms with Crippen molar-refractivity contribution in [2.75, 3.05) is 18.8 Å². The number of pyridine rings is 1. The van der Waals surface area contributed by atoms with Crippen molar-refractivity contribution in [1.82, 2.24) is 19.4 Å². The summed E-state index contributed by atoms with van der Waals surface area (Å²) in [7, 11) is 1.64. The van der Waals surface area contributed by atoms with Gasteiger partial charge in [0, 0.05) is 55.1 Å². The van der Waals surface area contributed by atoms with Gasteiger partial charge in [0.1, 0.15) is 0 Å². The van der Waals surface area contributed by atoms with Crippen LogP contribution in [-0.4, -0.2) is 38.4 Å². The fourth-order valence-corrected chi connectivity index (χ4v) is 3.99. The van der Waals surface area contributed by atoms with Crippen LogP contribution in [0.3, 0.4) is 0 Å². The largest absolute Gasteiger partial charge is 0.368 e. The average Bonchev–Trinajstić information content (AvgIpc) is 2.76. The van der Waals surface area contributed by atoms with Gasteiger partial charge in [-0.15, -0.1) is 0 Å². The minimum absolute atomic E-state index is 0.0335. The molecule has 1 fully saturated rings. The maximum absolute atomic E-state index is 13.0. The first-order valence-electron chi connectivity index (χ1n) is 9.76. The van der Waals surface area contributed by atoms with Gasteiger partial charge in [0.25, 0.3) is 5.91 Å². The highest BCUT2D eigenvalue weighted by Crippen LogP contribution is 2.34. The second-order valence-corrected chi connectivity index (χ2v) is 7.93. The molecule has 0 radical (unpaired) electrons. The van der Waals surface area contributed by atoms with Gasteiger partial charge in [-0.05, 0) is 36.6 Å². The first-order chi connectivity index (χ1) is 14.4. The first-order valence-corrected chi connectivity index (χ1v) is 10.1. The maximum Gasteiger partial charge on any atom is 0.255 e. The van der Waals surface area contributed by atoms with Gasteiger partial charge in [-0.1, -0.05) is 23.7 Å². The molecule has 1 amide bonds. The molecule has 1 saturated heterocycles. The topological polar surface area (TPSA) is 94.1 Å². The van der Waals surface area contributed by atoms with Gasteiger partial charge < -0.3 is 15.2 Å². The van der Waals surface area contributed by atoms with E-state index >= 15 is 0 Å². The van der Waals surface area contributed by atoms with Gasteiger partial charge in [-0.3, -0.25) is 9.59 Å². The fraction of sp³-hybridized carbons (Fsp3) is 0.273. The number of piperidine rings is 1. The van der Waals surface area contributed by atoms with Crippen LogP contribution in [-0.2, 0) is 7.05 Å². The Balaban J connectivity index is 1.64. The summed E-state index contributed by atoms with van der Waals surface area (Å²) in [5.74, 6) is 0.154. The van der Waals surface area contributed by atoms with E-state index in [0.29, 0.717) is 23.7 Å². The minimum Gasteiger partial charge on any atom is -0.368 e. The molecule has 2 aromatic heterocycles. The Hall–Kier alpha value is -3.19. The second-order valence-electron chi connectivity index (χ2n) is 7.49. The monoisotopic (exact) mass is 423 g/mol. The number of amides is 1. The molecule has 1 aliphatic rings. The summed E-state index contributed by atoms with van der Waals surface area (Å²) in [5, 5.41) is 0.656. The Bertz CT molecular complexity index is 1140. The number of rotatable bonds is 3. The maximum atomic E-state index is 13.0. The number of hydrogen-bond donors (Lipinski definition) is 1. The van der Waals surface area contributed by atoms with Crippen LogP contribution in [0.4, 0.5) is 5.95 Å². The van der Waals surface area contributed by atoms with Crippen LogP contribution in [0.1, 0.15) is 34.8 Å². The lowest BCUT2D eigenvalue weighted by molar-refractivity contribution is 0.0705. The predicted molar refractivity (Wildman–Crippen MR) is 116 cm³/mol. The number of hydrogen-bond acceptors (Lipinski definition) is 5. The lowest BCUT2D eigenvalue weighted by atomic mass is 9.89. The van der Waals surface area contributed by atoms with Gasteiger partial charge in [-0.2, -0.15) is 0 Å². The van der Waals surface area contributed by atoms with E-state index in [-0.39, 0.29) is 23.3 Å². The third-order valence-electron chi connectivity index (χ3n) is 5.42. The van der Waals surface area contributed by atoms with Crippen molar-refractivity contribution in [1.29, 1.82) is 0 Å². The number of benzene rings is 1. The molecule has 2 N–H and O–H groups in total. The van der Waals surface area contributed by atoms with Gasteiger partial charge in [0.15, 0.2) is 0 Å². The molecule has 1 aromatic carbocycles. The zero-order valence-electron chi connectivity index (χ0n) is 16.6. The Kier molecular flexibility index (Phi) is 5.55. The lowest BCUT2D eigenvalue weighted by Crippen LogP contribution is -2.40. The van der Waals surface area contributed by atoms with Crippen molar-refractivity contribution in [3.05, 3.63) is 75.4 Å². The number of nitrogen functional groups attached to an aromatic ring is 1. The number of carbonyl (C=O) groups excluding carboxylic acids is 1. The van der Waals surface area contributed by atoms with Crippen molar-refractivity contribution in [3.8, 4) is 11.1 Å². The standard InChI is InChI=1S/C22H22ClN5O2/c1-27-12-16(6-9-19(27)29)21(30)28-10-2-3-15(13-28)20-18(11-25-22(24)26-20)14-4-7-17(23)8-5-14/h4-9,11-12,15H,2-3,10,13H2,1H3,(H2,24,25,26)/t15-/m1/s1. The van der Waals surface area contributed by atoms with Crippen LogP contribution in [0.5, 0.6) is 0 Å². The van der Waals surface area contributed by atoms with E-state index in [1.165, 1.54) is 10.6 Å². The molecule has 3 aromatic rings. The molecule has 0 bridgehead atoms. The average molecular weight is 424 g/mol. The van der Waals surface area contributed by atoms with E-state index in [2.05, 4.69) is 9.97 Å². The van der Waals surface area contributed by atoms with Crippen LogP contribution >= 0.6 is 11.6 Å². The molecule has 0 saturated carbocycles. The number of nitrogens with two attached hydrogens (primary N) is 1. The normalized spacial score (nSPS) is 16.5. The molecule has 0 aliphatic carbocycles. The number of likely N-dealkylation sites (tertiary alicyclic amines) is 1. The molecule has 8 heteroatoms. The van der Waals surface area contributed by atoms with Gasteiger partial charge in [-0.25, -0.2) is 9.97 Å². The lowest BCUT2D eigenvalue weighted by Gasteiger charge is -2.33. The molecule has 154 valence electrons. The number of halogens is 1. The molecule has 30 heavy (non-hydrogen) atoms. The summed E-state index contributed by atoms with van der Waals surface area (Å²) in [5.41, 5.74) is 8.93. The fourth-order valence-electron chi connectivity index (χ4n) is 3.86. The summed E-state index contributed by atoms with van der Waals surface area (Å²) in [6, 6.07) is 10.5. The zero-order chi connectivity index (χ0) is 21.3. The van der Waals surface area contributed by atoms with Gasteiger partial charge in [0.05, 0.1) is 11.3 Å². The third-order valence-corrected chi connectivity index (χ3v) is 5.67. The Morgan fingerprint density at radius 2 is 1.97 bits per heavy atom. The van der Waals surface area contributed by atoms with E-state index in [4.69, 9.17) is 17.3 Å². The first kappa shape index (κ1) is 20.1. The summed E-state index contributed by atoms with van der Waals surface area (Å²) in [6.45, 7) is 1.19. The Morgan fingerprint density at radius 1 is 1.20 bits per heavy atom. The second kappa shape index (κ2) is 8.28. The van der Waals surface area contributed by atoms with E-state index in [0.717, 1.165) is 29.7 Å². The van der Waals surface area contributed by atoms with E-state index in [1.54, 1.807) is 25.5 Å². The van der Waals surface area contributed by atoms with Crippen LogP contribution in [0.2, 0.25) is 5.02 Å². The molecule has 3 heterocycles. The van der Waals surface area contributed by atoms with Crippen molar-refractivity contribution in [2.45, 2.75) is 18.8 Å². The van der Waals surface area contributed by atoms with Crippen LogP contribution in [0, 0.1) is 0 Å².